The molecule has 0 radical (unpaired) electrons. The number of aromatic nitrogens is 2. The molecule has 0 spiro atoms. The maximum atomic E-state index is 12.7. The van der Waals surface area contributed by atoms with E-state index < -0.39 is 11.7 Å². The molecule has 3 rings (SSSR count). The van der Waals surface area contributed by atoms with Crippen molar-refractivity contribution in [1.82, 2.24) is 9.55 Å². The summed E-state index contributed by atoms with van der Waals surface area (Å²) in [6, 6.07) is 6.68. The molecule has 3 aromatic rings. The quantitative estimate of drug-likeness (QED) is 0.726. The summed E-state index contributed by atoms with van der Waals surface area (Å²) in [5.41, 5.74) is 0.0422. The Morgan fingerprint density at radius 2 is 2.05 bits per heavy atom. The van der Waals surface area contributed by atoms with E-state index in [2.05, 4.69) is 4.98 Å². The van der Waals surface area contributed by atoms with Crippen molar-refractivity contribution in [3.63, 3.8) is 0 Å². The van der Waals surface area contributed by atoms with Crippen LogP contribution in [0.5, 0.6) is 0 Å². The van der Waals surface area contributed by atoms with Crippen LogP contribution in [-0.4, -0.2) is 9.55 Å². The summed E-state index contributed by atoms with van der Waals surface area (Å²) in [7, 11) is 0. The third-order valence-electron chi connectivity index (χ3n) is 3.04. The van der Waals surface area contributed by atoms with Gasteiger partial charge in [0, 0.05) is 0 Å². The minimum atomic E-state index is -4.39. The number of nitrogens with zero attached hydrogens (tertiary/aromatic N) is 2. The molecule has 0 unspecified atom stereocenters. The van der Waals surface area contributed by atoms with E-state index in [4.69, 9.17) is 0 Å². The second kappa shape index (κ2) is 5.00. The van der Waals surface area contributed by atoms with Crippen molar-refractivity contribution < 1.29 is 13.2 Å². The maximum absolute atomic E-state index is 12.7. The third kappa shape index (κ3) is 2.69. The number of benzene rings is 1. The van der Waals surface area contributed by atoms with E-state index in [-0.39, 0.29) is 12.1 Å². The summed E-state index contributed by atoms with van der Waals surface area (Å²) >= 11 is 1.27. The minimum Gasteiger partial charge on any atom is -0.294 e. The largest absolute Gasteiger partial charge is 0.416 e. The van der Waals surface area contributed by atoms with Gasteiger partial charge in [0.1, 0.15) is 4.70 Å². The first-order valence-electron chi connectivity index (χ1n) is 6.04. The SMILES string of the molecule is O=c1c2sccc2ncn1Cc1cccc(C(F)(F)F)c1. The number of thiophene rings is 1. The van der Waals surface area contributed by atoms with E-state index in [1.54, 1.807) is 17.5 Å². The molecule has 7 heteroatoms. The van der Waals surface area contributed by atoms with Crippen molar-refractivity contribution in [3.05, 3.63) is 63.5 Å². The number of fused-ring (bicyclic) bond motifs is 1. The van der Waals surface area contributed by atoms with Crippen molar-refractivity contribution in [2.75, 3.05) is 0 Å². The lowest BCUT2D eigenvalue weighted by Gasteiger charge is -2.09. The first-order valence-corrected chi connectivity index (χ1v) is 6.92. The molecule has 2 heterocycles. The smallest absolute Gasteiger partial charge is 0.294 e. The van der Waals surface area contributed by atoms with Gasteiger partial charge in [0.25, 0.3) is 5.56 Å². The van der Waals surface area contributed by atoms with E-state index in [9.17, 15) is 18.0 Å². The molecule has 1 aromatic carbocycles. The Hall–Kier alpha value is -2.15. The van der Waals surface area contributed by atoms with Crippen LogP contribution in [0.25, 0.3) is 10.2 Å². The average molecular weight is 310 g/mol. The first kappa shape index (κ1) is 13.8. The predicted octanol–water partition coefficient (Wildman–Crippen LogP) is 3.53. The molecule has 0 N–H and O–H groups in total. The molecule has 0 atom stereocenters. The van der Waals surface area contributed by atoms with Crippen molar-refractivity contribution >= 4 is 21.6 Å². The Balaban J connectivity index is 1.99. The average Bonchev–Trinajstić information content (AvgIpc) is 2.91. The van der Waals surface area contributed by atoms with Crippen LogP contribution < -0.4 is 5.56 Å². The van der Waals surface area contributed by atoms with E-state index in [0.29, 0.717) is 15.8 Å². The van der Waals surface area contributed by atoms with Crippen molar-refractivity contribution in [1.29, 1.82) is 0 Å². The van der Waals surface area contributed by atoms with Gasteiger partial charge in [0.15, 0.2) is 0 Å². The van der Waals surface area contributed by atoms with Gasteiger partial charge in [-0.2, -0.15) is 13.2 Å². The van der Waals surface area contributed by atoms with Gasteiger partial charge < -0.3 is 0 Å². The molecule has 0 saturated carbocycles. The highest BCUT2D eigenvalue weighted by atomic mass is 32.1. The van der Waals surface area contributed by atoms with E-state index >= 15 is 0 Å². The fourth-order valence-electron chi connectivity index (χ4n) is 2.03. The monoisotopic (exact) mass is 310 g/mol. The lowest BCUT2D eigenvalue weighted by molar-refractivity contribution is -0.137. The zero-order chi connectivity index (χ0) is 15.0. The summed E-state index contributed by atoms with van der Waals surface area (Å²) in [6.07, 6.45) is -3.03. The van der Waals surface area contributed by atoms with E-state index in [1.807, 2.05) is 0 Å². The first-order chi connectivity index (χ1) is 9.95. The molecule has 0 saturated heterocycles. The van der Waals surface area contributed by atoms with Crippen molar-refractivity contribution in [2.24, 2.45) is 0 Å². The maximum Gasteiger partial charge on any atom is 0.416 e. The second-order valence-electron chi connectivity index (χ2n) is 4.51. The number of alkyl halides is 3. The van der Waals surface area contributed by atoms with E-state index in [0.717, 1.165) is 12.1 Å². The normalized spacial score (nSPS) is 12.0. The molecule has 21 heavy (non-hydrogen) atoms. The van der Waals surface area contributed by atoms with Crippen LogP contribution in [0.3, 0.4) is 0 Å². The number of rotatable bonds is 2. The van der Waals surface area contributed by atoms with Crippen LogP contribution in [0.4, 0.5) is 13.2 Å². The van der Waals surface area contributed by atoms with Crippen LogP contribution in [-0.2, 0) is 12.7 Å². The van der Waals surface area contributed by atoms with Gasteiger partial charge in [-0.3, -0.25) is 9.36 Å². The zero-order valence-electron chi connectivity index (χ0n) is 10.6. The van der Waals surface area contributed by atoms with Gasteiger partial charge in [-0.1, -0.05) is 12.1 Å². The van der Waals surface area contributed by atoms with E-state index in [1.165, 1.54) is 28.3 Å². The highest BCUT2D eigenvalue weighted by molar-refractivity contribution is 7.17. The second-order valence-corrected chi connectivity index (χ2v) is 5.43. The number of halogens is 3. The molecule has 0 bridgehead atoms. The summed E-state index contributed by atoms with van der Waals surface area (Å²) in [5, 5.41) is 1.76. The lowest BCUT2D eigenvalue weighted by Crippen LogP contribution is -2.20. The summed E-state index contributed by atoms with van der Waals surface area (Å²) < 4.78 is 39.8. The van der Waals surface area contributed by atoms with Gasteiger partial charge in [-0.25, -0.2) is 4.98 Å². The van der Waals surface area contributed by atoms with Gasteiger partial charge in [-0.05, 0) is 29.1 Å². The van der Waals surface area contributed by atoms with Crippen LogP contribution in [0, 0.1) is 0 Å². The molecule has 108 valence electrons. The number of hydrogen-bond acceptors (Lipinski definition) is 3. The Morgan fingerprint density at radius 1 is 1.24 bits per heavy atom. The van der Waals surface area contributed by atoms with Crippen LogP contribution in [0.15, 0.2) is 46.8 Å². The highest BCUT2D eigenvalue weighted by Crippen LogP contribution is 2.29. The van der Waals surface area contributed by atoms with Gasteiger partial charge in [0.05, 0.1) is 24.0 Å². The van der Waals surface area contributed by atoms with Gasteiger partial charge in [-0.15, -0.1) is 11.3 Å². The molecule has 0 aliphatic rings. The van der Waals surface area contributed by atoms with Gasteiger partial charge >= 0.3 is 6.18 Å². The molecule has 0 aliphatic heterocycles. The number of hydrogen-bond donors (Lipinski definition) is 0. The highest BCUT2D eigenvalue weighted by Gasteiger charge is 2.30. The Labute approximate surface area is 121 Å². The summed E-state index contributed by atoms with van der Waals surface area (Å²) in [6.45, 7) is 0.0591. The fraction of sp³-hybridized carbons (Fsp3) is 0.143. The molecular weight excluding hydrogens is 301 g/mol. The molecule has 0 amide bonds. The Morgan fingerprint density at radius 3 is 2.81 bits per heavy atom. The zero-order valence-corrected chi connectivity index (χ0v) is 11.4. The molecule has 0 fully saturated rings. The van der Waals surface area contributed by atoms with Crippen molar-refractivity contribution in [2.45, 2.75) is 12.7 Å². The predicted molar refractivity (Wildman–Crippen MR) is 74.4 cm³/mol. The fourth-order valence-corrected chi connectivity index (χ4v) is 2.83. The lowest BCUT2D eigenvalue weighted by atomic mass is 10.1. The van der Waals surface area contributed by atoms with Crippen LogP contribution >= 0.6 is 11.3 Å². The summed E-state index contributed by atoms with van der Waals surface area (Å²) in [5.74, 6) is 0. The Bertz CT molecular complexity index is 851. The molecule has 3 nitrogen and oxygen atoms in total. The van der Waals surface area contributed by atoms with Crippen LogP contribution in [0.2, 0.25) is 0 Å². The van der Waals surface area contributed by atoms with Crippen LogP contribution in [0.1, 0.15) is 11.1 Å². The molecule has 0 aliphatic carbocycles. The minimum absolute atomic E-state index is 0.0591. The van der Waals surface area contributed by atoms with Crippen molar-refractivity contribution in [3.8, 4) is 0 Å². The third-order valence-corrected chi connectivity index (χ3v) is 3.93. The molecule has 2 aromatic heterocycles. The van der Waals surface area contributed by atoms with Gasteiger partial charge in [0.2, 0.25) is 0 Å². The topological polar surface area (TPSA) is 34.9 Å². The standard InChI is InChI=1S/C14H9F3N2OS/c15-14(16,17)10-3-1-2-9(6-10)7-19-8-18-11-4-5-21-12(11)13(19)20/h1-6,8H,7H2. The molecular formula is C14H9F3N2OS. The summed E-state index contributed by atoms with van der Waals surface area (Å²) in [4.78, 5) is 16.3. The Kier molecular flexibility index (Phi) is 3.29.